The van der Waals surface area contributed by atoms with Crippen LogP contribution in [0.4, 0.5) is 5.82 Å². The smallest absolute Gasteiger partial charge is 0.251 e. The summed E-state index contributed by atoms with van der Waals surface area (Å²) in [5.41, 5.74) is 3.32. The zero-order chi connectivity index (χ0) is 17.1. The summed E-state index contributed by atoms with van der Waals surface area (Å²) in [5, 5.41) is 14.0. The fourth-order valence-electron chi connectivity index (χ4n) is 2.42. The number of anilines is 1. The number of fused-ring (bicyclic) bond motifs is 1. The number of nitrogens with one attached hydrogen (secondary N) is 2. The summed E-state index contributed by atoms with van der Waals surface area (Å²) >= 11 is 0. The number of imidazole rings is 1. The van der Waals surface area contributed by atoms with Gasteiger partial charge in [-0.2, -0.15) is 5.10 Å². The van der Waals surface area contributed by atoms with E-state index in [4.69, 9.17) is 0 Å². The molecule has 0 unspecified atom stereocenters. The number of hydrogen-bond donors (Lipinski definition) is 2. The van der Waals surface area contributed by atoms with Crippen LogP contribution in [0.3, 0.4) is 0 Å². The lowest BCUT2D eigenvalue weighted by atomic mass is 10.2. The van der Waals surface area contributed by atoms with Gasteiger partial charge in [0.15, 0.2) is 0 Å². The monoisotopic (exact) mass is 324 g/mol. The first-order chi connectivity index (χ1) is 11.5. The Morgan fingerprint density at radius 1 is 1.12 bits per heavy atom. The normalized spacial score (nSPS) is 10.8. The zero-order valence-electron chi connectivity index (χ0n) is 14.0. The van der Waals surface area contributed by atoms with E-state index in [2.05, 4.69) is 25.8 Å². The largest absolute Gasteiger partial charge is 0.367 e. The molecule has 2 heterocycles. The topological polar surface area (TPSA) is 84.7 Å². The van der Waals surface area contributed by atoms with E-state index < -0.39 is 0 Å². The van der Waals surface area contributed by atoms with Crippen LogP contribution in [0, 0.1) is 13.8 Å². The van der Waals surface area contributed by atoms with Crippen LogP contribution in [0.5, 0.6) is 0 Å². The van der Waals surface area contributed by atoms with E-state index in [1.807, 2.05) is 55.8 Å². The van der Waals surface area contributed by atoms with Crippen molar-refractivity contribution in [3.05, 3.63) is 47.4 Å². The van der Waals surface area contributed by atoms with E-state index in [0.717, 1.165) is 22.6 Å². The molecule has 0 saturated carbocycles. The Labute approximate surface area is 140 Å². The number of carbonyl (C=O) groups excluding carboxylic acids is 1. The third kappa shape index (κ3) is 3.34. The van der Waals surface area contributed by atoms with Crippen molar-refractivity contribution in [2.24, 2.45) is 7.05 Å². The molecule has 2 aromatic heterocycles. The molecule has 2 N–H and O–H groups in total. The quantitative estimate of drug-likeness (QED) is 0.699. The maximum Gasteiger partial charge on any atom is 0.251 e. The number of benzene rings is 1. The second-order valence-electron chi connectivity index (χ2n) is 5.66. The van der Waals surface area contributed by atoms with Crippen molar-refractivity contribution >= 4 is 22.8 Å². The molecule has 0 bridgehead atoms. The fourth-order valence-corrected chi connectivity index (χ4v) is 2.42. The Bertz CT molecular complexity index is 869. The van der Waals surface area contributed by atoms with Gasteiger partial charge in [0.25, 0.3) is 5.91 Å². The summed E-state index contributed by atoms with van der Waals surface area (Å²) in [4.78, 5) is 16.7. The van der Waals surface area contributed by atoms with Crippen LogP contribution in [0.1, 0.15) is 21.9 Å². The average Bonchev–Trinajstić information content (AvgIpc) is 2.87. The Morgan fingerprint density at radius 2 is 1.96 bits per heavy atom. The van der Waals surface area contributed by atoms with Gasteiger partial charge in [0.2, 0.25) is 0 Å². The third-order valence-corrected chi connectivity index (χ3v) is 3.88. The van der Waals surface area contributed by atoms with Crippen molar-refractivity contribution < 1.29 is 4.79 Å². The van der Waals surface area contributed by atoms with Crippen molar-refractivity contribution in [2.45, 2.75) is 13.8 Å². The molecule has 24 heavy (non-hydrogen) atoms. The SMILES string of the molecule is Cc1ccc(NCCNC(=O)c2ccc3c(c2)nc(C)n3C)nn1. The maximum absolute atomic E-state index is 12.2. The zero-order valence-corrected chi connectivity index (χ0v) is 14.0. The summed E-state index contributed by atoms with van der Waals surface area (Å²) in [5.74, 6) is 1.50. The van der Waals surface area contributed by atoms with Crippen LogP contribution in [0.2, 0.25) is 0 Å². The summed E-state index contributed by atoms with van der Waals surface area (Å²) in [6.45, 7) is 4.90. The molecule has 0 atom stereocenters. The predicted molar refractivity (Wildman–Crippen MR) is 93.0 cm³/mol. The minimum atomic E-state index is -0.114. The molecule has 1 aromatic carbocycles. The first-order valence-corrected chi connectivity index (χ1v) is 7.80. The Hall–Kier alpha value is -2.96. The molecule has 0 aliphatic heterocycles. The van der Waals surface area contributed by atoms with E-state index >= 15 is 0 Å². The van der Waals surface area contributed by atoms with Gasteiger partial charge in [-0.05, 0) is 44.2 Å². The van der Waals surface area contributed by atoms with Crippen molar-refractivity contribution in [1.29, 1.82) is 0 Å². The van der Waals surface area contributed by atoms with Crippen LogP contribution in [0.15, 0.2) is 30.3 Å². The summed E-state index contributed by atoms with van der Waals surface area (Å²) in [6.07, 6.45) is 0. The molecular formula is C17H20N6O. The summed E-state index contributed by atoms with van der Waals surface area (Å²) in [7, 11) is 1.96. The van der Waals surface area contributed by atoms with Gasteiger partial charge >= 0.3 is 0 Å². The highest BCUT2D eigenvalue weighted by Gasteiger charge is 2.09. The van der Waals surface area contributed by atoms with Gasteiger partial charge in [0.1, 0.15) is 11.6 Å². The molecule has 7 nitrogen and oxygen atoms in total. The Kier molecular flexibility index (Phi) is 4.41. The second-order valence-corrected chi connectivity index (χ2v) is 5.66. The molecule has 1 amide bonds. The molecular weight excluding hydrogens is 304 g/mol. The van der Waals surface area contributed by atoms with Gasteiger partial charge in [0.05, 0.1) is 16.7 Å². The lowest BCUT2D eigenvalue weighted by Crippen LogP contribution is -2.28. The van der Waals surface area contributed by atoms with Crippen molar-refractivity contribution in [3.63, 3.8) is 0 Å². The van der Waals surface area contributed by atoms with Crippen molar-refractivity contribution in [2.75, 3.05) is 18.4 Å². The standard InChI is InChI=1S/C17H20N6O/c1-11-4-7-16(22-21-11)18-8-9-19-17(24)13-5-6-15-14(10-13)20-12(2)23(15)3/h4-7,10H,8-9H2,1-3H3,(H,18,22)(H,19,24). The summed E-state index contributed by atoms with van der Waals surface area (Å²) in [6, 6.07) is 9.30. The molecule has 0 aliphatic carbocycles. The van der Waals surface area contributed by atoms with Gasteiger partial charge in [0, 0.05) is 25.7 Å². The van der Waals surface area contributed by atoms with Gasteiger partial charge in [-0.1, -0.05) is 0 Å². The van der Waals surface area contributed by atoms with E-state index in [1.54, 1.807) is 0 Å². The molecule has 0 aliphatic rings. The van der Waals surface area contributed by atoms with Crippen molar-refractivity contribution in [1.82, 2.24) is 25.1 Å². The second kappa shape index (κ2) is 6.66. The Morgan fingerprint density at radius 3 is 2.71 bits per heavy atom. The fraction of sp³-hybridized carbons (Fsp3) is 0.294. The van der Waals surface area contributed by atoms with Crippen LogP contribution in [0.25, 0.3) is 11.0 Å². The molecule has 0 spiro atoms. The number of aromatic nitrogens is 4. The maximum atomic E-state index is 12.2. The molecule has 0 saturated heterocycles. The minimum Gasteiger partial charge on any atom is -0.367 e. The lowest BCUT2D eigenvalue weighted by molar-refractivity contribution is 0.0955. The van der Waals surface area contributed by atoms with Crippen molar-refractivity contribution in [3.8, 4) is 0 Å². The van der Waals surface area contributed by atoms with Gasteiger partial charge in [-0.3, -0.25) is 4.79 Å². The van der Waals surface area contributed by atoms with Gasteiger partial charge in [-0.15, -0.1) is 5.10 Å². The molecule has 124 valence electrons. The highest BCUT2D eigenvalue weighted by Crippen LogP contribution is 2.16. The Balaban J connectivity index is 1.56. The molecule has 0 radical (unpaired) electrons. The van der Waals surface area contributed by atoms with Crippen LogP contribution in [-0.2, 0) is 7.05 Å². The van der Waals surface area contributed by atoms with E-state index in [9.17, 15) is 4.79 Å². The first kappa shape index (κ1) is 15.9. The number of rotatable bonds is 5. The predicted octanol–water partition coefficient (Wildman–Crippen LogP) is 1.82. The average molecular weight is 324 g/mol. The number of carbonyl (C=O) groups is 1. The molecule has 3 aromatic rings. The first-order valence-electron chi connectivity index (χ1n) is 7.80. The van der Waals surface area contributed by atoms with Crippen LogP contribution in [-0.4, -0.2) is 38.7 Å². The highest BCUT2D eigenvalue weighted by molar-refractivity contribution is 5.97. The minimum absolute atomic E-state index is 0.114. The number of nitrogens with zero attached hydrogens (tertiary/aromatic N) is 4. The molecule has 7 heteroatoms. The van der Waals surface area contributed by atoms with E-state index in [0.29, 0.717) is 24.5 Å². The van der Waals surface area contributed by atoms with Crippen LogP contribution >= 0.6 is 0 Å². The third-order valence-electron chi connectivity index (χ3n) is 3.88. The molecule has 0 fully saturated rings. The number of aryl methyl sites for hydroxylation is 3. The molecule has 3 rings (SSSR count). The van der Waals surface area contributed by atoms with E-state index in [-0.39, 0.29) is 5.91 Å². The number of hydrogen-bond acceptors (Lipinski definition) is 5. The summed E-state index contributed by atoms with van der Waals surface area (Å²) < 4.78 is 2.00. The van der Waals surface area contributed by atoms with Gasteiger partial charge < -0.3 is 15.2 Å². The van der Waals surface area contributed by atoms with Crippen LogP contribution < -0.4 is 10.6 Å². The van der Waals surface area contributed by atoms with Gasteiger partial charge in [-0.25, -0.2) is 4.98 Å². The lowest BCUT2D eigenvalue weighted by Gasteiger charge is -2.07. The number of amides is 1. The van der Waals surface area contributed by atoms with E-state index in [1.165, 1.54) is 0 Å². The highest BCUT2D eigenvalue weighted by atomic mass is 16.1.